The summed E-state index contributed by atoms with van der Waals surface area (Å²) in [6.45, 7) is 6.66. The highest BCUT2D eigenvalue weighted by Crippen LogP contribution is 2.18. The molecule has 2 aromatic carbocycles. The summed E-state index contributed by atoms with van der Waals surface area (Å²) in [6, 6.07) is 14.1. The fourth-order valence-electron chi connectivity index (χ4n) is 2.75. The molecule has 0 aliphatic carbocycles. The molecule has 28 heavy (non-hydrogen) atoms. The van der Waals surface area contributed by atoms with Crippen LogP contribution >= 0.6 is 0 Å². The van der Waals surface area contributed by atoms with Crippen LogP contribution in [0.15, 0.2) is 48.5 Å². The average molecular weight is 383 g/mol. The normalized spacial score (nSPS) is 10.6. The van der Waals surface area contributed by atoms with E-state index < -0.39 is 0 Å². The summed E-state index contributed by atoms with van der Waals surface area (Å²) in [6.07, 6.45) is 4.62. The molecule has 0 spiro atoms. The number of hydrogen-bond donors (Lipinski definition) is 2. The number of carbonyl (C=O) groups is 2. The first-order valence-electron chi connectivity index (χ1n) is 9.95. The Morgan fingerprint density at radius 2 is 1.64 bits per heavy atom. The fourth-order valence-corrected chi connectivity index (χ4v) is 2.75. The Labute approximate surface area is 167 Å². The number of unbranched alkanes of at least 4 members (excludes halogenated alkanes) is 3. The van der Waals surface area contributed by atoms with Crippen molar-refractivity contribution in [1.82, 2.24) is 5.32 Å². The van der Waals surface area contributed by atoms with E-state index in [1.165, 1.54) is 19.3 Å². The average Bonchev–Trinajstić information content (AvgIpc) is 2.68. The third kappa shape index (κ3) is 6.72. The summed E-state index contributed by atoms with van der Waals surface area (Å²) in [4.78, 5) is 24.9. The first-order chi connectivity index (χ1) is 13.5. The van der Waals surface area contributed by atoms with Crippen molar-refractivity contribution in [3.8, 4) is 5.75 Å². The molecule has 0 bridgehead atoms. The maximum absolute atomic E-state index is 12.6. The smallest absolute Gasteiger partial charge is 0.255 e. The standard InChI is InChI=1S/C23H30N2O3/c1-4-5-6-9-16-28-19-14-12-18(13-15-19)22(26)25-21-11-8-7-10-20(21)23(27)24-17(2)3/h7-8,10-15,17H,4-6,9,16H2,1-3H3,(H,24,27)(H,25,26). The quantitative estimate of drug-likeness (QED) is 0.566. The van der Waals surface area contributed by atoms with Crippen LogP contribution in [0.3, 0.4) is 0 Å². The molecule has 2 amide bonds. The zero-order valence-corrected chi connectivity index (χ0v) is 17.0. The van der Waals surface area contributed by atoms with Gasteiger partial charge in [-0.3, -0.25) is 9.59 Å². The van der Waals surface area contributed by atoms with E-state index in [-0.39, 0.29) is 17.9 Å². The highest BCUT2D eigenvalue weighted by Gasteiger charge is 2.14. The molecule has 0 unspecified atom stereocenters. The Morgan fingerprint density at radius 1 is 0.929 bits per heavy atom. The summed E-state index contributed by atoms with van der Waals surface area (Å²) in [5.74, 6) is 0.279. The van der Waals surface area contributed by atoms with Crippen LogP contribution in [0.4, 0.5) is 5.69 Å². The maximum Gasteiger partial charge on any atom is 0.255 e. The van der Waals surface area contributed by atoms with Gasteiger partial charge in [-0.2, -0.15) is 0 Å². The Morgan fingerprint density at radius 3 is 2.32 bits per heavy atom. The molecule has 0 fully saturated rings. The predicted molar refractivity (Wildman–Crippen MR) is 113 cm³/mol. The molecule has 0 atom stereocenters. The largest absolute Gasteiger partial charge is 0.494 e. The van der Waals surface area contributed by atoms with E-state index in [2.05, 4.69) is 17.6 Å². The molecule has 5 heteroatoms. The lowest BCUT2D eigenvalue weighted by Crippen LogP contribution is -2.31. The highest BCUT2D eigenvalue weighted by atomic mass is 16.5. The van der Waals surface area contributed by atoms with Gasteiger partial charge >= 0.3 is 0 Å². The predicted octanol–water partition coefficient (Wildman–Crippen LogP) is 5.04. The van der Waals surface area contributed by atoms with Gasteiger partial charge in [-0.25, -0.2) is 0 Å². The van der Waals surface area contributed by atoms with Crippen LogP contribution in [0.1, 0.15) is 67.2 Å². The number of anilines is 1. The lowest BCUT2D eigenvalue weighted by molar-refractivity contribution is 0.0944. The van der Waals surface area contributed by atoms with E-state index in [1.807, 2.05) is 13.8 Å². The number of carbonyl (C=O) groups excluding carboxylic acids is 2. The first kappa shape index (κ1) is 21.5. The Balaban J connectivity index is 1.97. The van der Waals surface area contributed by atoms with E-state index in [9.17, 15) is 9.59 Å². The SMILES string of the molecule is CCCCCCOc1ccc(C(=O)Nc2ccccc2C(=O)NC(C)C)cc1. The molecule has 5 nitrogen and oxygen atoms in total. The molecular weight excluding hydrogens is 352 g/mol. The summed E-state index contributed by atoms with van der Waals surface area (Å²) in [5, 5.41) is 5.67. The van der Waals surface area contributed by atoms with Gasteiger partial charge in [0.15, 0.2) is 0 Å². The second-order valence-electron chi connectivity index (χ2n) is 7.06. The number of nitrogens with one attached hydrogen (secondary N) is 2. The Hall–Kier alpha value is -2.82. The molecule has 0 radical (unpaired) electrons. The molecule has 0 aliphatic heterocycles. The zero-order chi connectivity index (χ0) is 20.4. The number of amides is 2. The van der Waals surface area contributed by atoms with E-state index in [0.717, 1.165) is 12.2 Å². The van der Waals surface area contributed by atoms with Gasteiger partial charge < -0.3 is 15.4 Å². The van der Waals surface area contributed by atoms with Crippen molar-refractivity contribution < 1.29 is 14.3 Å². The van der Waals surface area contributed by atoms with Gasteiger partial charge in [-0.15, -0.1) is 0 Å². The number of para-hydroxylation sites is 1. The lowest BCUT2D eigenvalue weighted by atomic mass is 10.1. The van der Waals surface area contributed by atoms with E-state index in [0.29, 0.717) is 23.4 Å². The van der Waals surface area contributed by atoms with Gasteiger partial charge in [0.1, 0.15) is 5.75 Å². The van der Waals surface area contributed by atoms with Gasteiger partial charge in [0.05, 0.1) is 17.9 Å². The van der Waals surface area contributed by atoms with Crippen molar-refractivity contribution in [3.05, 3.63) is 59.7 Å². The molecule has 2 rings (SSSR count). The molecule has 0 aromatic heterocycles. The number of ether oxygens (including phenoxy) is 1. The second-order valence-corrected chi connectivity index (χ2v) is 7.06. The van der Waals surface area contributed by atoms with Gasteiger partial charge in [0, 0.05) is 11.6 Å². The van der Waals surface area contributed by atoms with Crippen molar-refractivity contribution in [2.75, 3.05) is 11.9 Å². The van der Waals surface area contributed by atoms with Crippen LogP contribution in [0, 0.1) is 0 Å². The third-order valence-electron chi connectivity index (χ3n) is 4.22. The second kappa shape index (κ2) is 11.1. The van der Waals surface area contributed by atoms with Crippen LogP contribution in [0.2, 0.25) is 0 Å². The molecule has 150 valence electrons. The minimum absolute atomic E-state index is 0.0192. The van der Waals surface area contributed by atoms with Crippen LogP contribution in [0.5, 0.6) is 5.75 Å². The Bertz CT molecular complexity index is 770. The summed E-state index contributed by atoms with van der Waals surface area (Å²) >= 11 is 0. The van der Waals surface area contributed by atoms with Crippen molar-refractivity contribution >= 4 is 17.5 Å². The van der Waals surface area contributed by atoms with E-state index in [4.69, 9.17) is 4.74 Å². The van der Waals surface area contributed by atoms with E-state index in [1.54, 1.807) is 48.5 Å². The van der Waals surface area contributed by atoms with E-state index >= 15 is 0 Å². The Kier molecular flexibility index (Phi) is 8.53. The molecule has 2 N–H and O–H groups in total. The third-order valence-corrected chi connectivity index (χ3v) is 4.22. The minimum atomic E-state index is -0.265. The summed E-state index contributed by atoms with van der Waals surface area (Å²) < 4.78 is 5.71. The van der Waals surface area contributed by atoms with Crippen LogP contribution in [-0.4, -0.2) is 24.5 Å². The number of benzene rings is 2. The van der Waals surface area contributed by atoms with Crippen molar-refractivity contribution in [3.63, 3.8) is 0 Å². The van der Waals surface area contributed by atoms with Crippen LogP contribution in [0.25, 0.3) is 0 Å². The van der Waals surface area contributed by atoms with Gasteiger partial charge in [-0.1, -0.05) is 38.3 Å². The van der Waals surface area contributed by atoms with Gasteiger partial charge in [-0.05, 0) is 56.7 Å². The van der Waals surface area contributed by atoms with Gasteiger partial charge in [0.2, 0.25) is 0 Å². The molecule has 0 saturated carbocycles. The molecular formula is C23H30N2O3. The topological polar surface area (TPSA) is 67.4 Å². The van der Waals surface area contributed by atoms with Gasteiger partial charge in [0.25, 0.3) is 11.8 Å². The lowest BCUT2D eigenvalue weighted by Gasteiger charge is -2.13. The highest BCUT2D eigenvalue weighted by molar-refractivity contribution is 6.09. The molecule has 0 aliphatic rings. The van der Waals surface area contributed by atoms with Crippen LogP contribution in [-0.2, 0) is 0 Å². The van der Waals surface area contributed by atoms with Crippen LogP contribution < -0.4 is 15.4 Å². The molecule has 2 aromatic rings. The number of rotatable bonds is 10. The fraction of sp³-hybridized carbons (Fsp3) is 0.391. The summed E-state index contributed by atoms with van der Waals surface area (Å²) in [5.41, 5.74) is 1.44. The first-order valence-corrected chi connectivity index (χ1v) is 9.95. The van der Waals surface area contributed by atoms with Crippen molar-refractivity contribution in [2.24, 2.45) is 0 Å². The monoisotopic (exact) mass is 382 g/mol. The van der Waals surface area contributed by atoms with Crippen molar-refractivity contribution in [1.29, 1.82) is 0 Å². The van der Waals surface area contributed by atoms with Crippen molar-refractivity contribution in [2.45, 2.75) is 52.5 Å². The molecule has 0 saturated heterocycles. The maximum atomic E-state index is 12.6. The molecule has 0 heterocycles. The summed E-state index contributed by atoms with van der Waals surface area (Å²) in [7, 11) is 0. The minimum Gasteiger partial charge on any atom is -0.494 e. The number of hydrogen-bond acceptors (Lipinski definition) is 3. The zero-order valence-electron chi connectivity index (χ0n) is 17.0.